The van der Waals surface area contributed by atoms with E-state index < -0.39 is 17.5 Å². The van der Waals surface area contributed by atoms with Crippen molar-refractivity contribution in [3.63, 3.8) is 0 Å². The molecule has 0 atom stereocenters. The number of hydrogen-bond donors (Lipinski definition) is 1. The van der Waals surface area contributed by atoms with E-state index in [1.807, 2.05) is 18.2 Å². The molecule has 0 fully saturated rings. The molecule has 0 aliphatic rings. The molecule has 0 saturated carbocycles. The first kappa shape index (κ1) is 21.0. The van der Waals surface area contributed by atoms with Gasteiger partial charge in [-0.2, -0.15) is 0 Å². The van der Waals surface area contributed by atoms with Crippen LogP contribution < -0.4 is 5.32 Å². The Hall–Kier alpha value is -3.30. The summed E-state index contributed by atoms with van der Waals surface area (Å²) in [6.45, 7) is 0. The Kier molecular flexibility index (Phi) is 6.24. The quantitative estimate of drug-likeness (QED) is 0.413. The van der Waals surface area contributed by atoms with E-state index in [0.29, 0.717) is 16.0 Å². The molecule has 0 aliphatic heterocycles. The van der Waals surface area contributed by atoms with Gasteiger partial charge < -0.3 is 5.32 Å². The van der Waals surface area contributed by atoms with Crippen molar-refractivity contribution in [2.45, 2.75) is 5.16 Å². The minimum atomic E-state index is -1.03. The molecule has 0 radical (unpaired) electrons. The predicted octanol–water partition coefficient (Wildman–Crippen LogP) is 4.99. The number of carbonyl (C=O) groups is 1. The van der Waals surface area contributed by atoms with E-state index in [2.05, 4.69) is 20.5 Å². The fraction of sp³-hybridized carbons (Fsp3) is 0.0476. The molecule has 1 amide bonds. The Morgan fingerprint density at radius 1 is 1.06 bits per heavy atom. The van der Waals surface area contributed by atoms with E-state index in [1.54, 1.807) is 35.2 Å². The number of thioether (sulfide) groups is 1. The van der Waals surface area contributed by atoms with Gasteiger partial charge in [-0.05, 0) is 48.5 Å². The number of rotatable bonds is 6. The summed E-state index contributed by atoms with van der Waals surface area (Å²) in [6.07, 6.45) is 3.32. The van der Waals surface area contributed by atoms with Crippen LogP contribution in [0.2, 0.25) is 5.02 Å². The monoisotopic (exact) mass is 457 g/mol. The highest BCUT2D eigenvalue weighted by molar-refractivity contribution is 7.99. The molecule has 0 unspecified atom stereocenters. The van der Waals surface area contributed by atoms with Gasteiger partial charge in [0.1, 0.15) is 0 Å². The molecule has 31 heavy (non-hydrogen) atoms. The molecule has 2 aromatic heterocycles. The zero-order valence-electron chi connectivity index (χ0n) is 15.8. The summed E-state index contributed by atoms with van der Waals surface area (Å²) in [5.74, 6) is -1.87. The van der Waals surface area contributed by atoms with Crippen molar-refractivity contribution in [3.05, 3.63) is 83.6 Å². The van der Waals surface area contributed by atoms with Gasteiger partial charge in [0, 0.05) is 40.4 Å². The van der Waals surface area contributed by atoms with Crippen molar-refractivity contribution in [1.82, 2.24) is 19.7 Å². The van der Waals surface area contributed by atoms with E-state index in [1.165, 1.54) is 6.07 Å². The van der Waals surface area contributed by atoms with Gasteiger partial charge in [0.05, 0.1) is 5.75 Å². The Morgan fingerprint density at radius 3 is 2.58 bits per heavy atom. The van der Waals surface area contributed by atoms with Crippen LogP contribution in [0, 0.1) is 11.6 Å². The van der Waals surface area contributed by atoms with Crippen molar-refractivity contribution in [1.29, 1.82) is 0 Å². The minimum absolute atomic E-state index is 0.0161. The van der Waals surface area contributed by atoms with Crippen LogP contribution in [0.5, 0.6) is 0 Å². The van der Waals surface area contributed by atoms with Crippen LogP contribution >= 0.6 is 23.4 Å². The van der Waals surface area contributed by atoms with Gasteiger partial charge in [-0.3, -0.25) is 14.3 Å². The van der Waals surface area contributed by atoms with Gasteiger partial charge in [-0.1, -0.05) is 23.4 Å². The molecule has 0 aliphatic carbocycles. The number of nitrogens with zero attached hydrogens (tertiary/aromatic N) is 4. The average molecular weight is 458 g/mol. The maximum Gasteiger partial charge on any atom is 0.234 e. The smallest absolute Gasteiger partial charge is 0.234 e. The van der Waals surface area contributed by atoms with E-state index in [9.17, 15) is 13.6 Å². The van der Waals surface area contributed by atoms with Crippen molar-refractivity contribution < 1.29 is 13.6 Å². The van der Waals surface area contributed by atoms with Crippen LogP contribution in [0.25, 0.3) is 17.1 Å². The van der Waals surface area contributed by atoms with Gasteiger partial charge in [0.2, 0.25) is 5.91 Å². The summed E-state index contributed by atoms with van der Waals surface area (Å²) in [4.78, 5) is 16.4. The lowest BCUT2D eigenvalue weighted by Crippen LogP contribution is -2.15. The van der Waals surface area contributed by atoms with Gasteiger partial charge >= 0.3 is 0 Å². The molecule has 2 aromatic carbocycles. The lowest BCUT2D eigenvalue weighted by Gasteiger charge is -2.10. The number of anilines is 1. The number of carbonyl (C=O) groups excluding carboxylic acids is 1. The maximum atomic E-state index is 13.3. The maximum absolute atomic E-state index is 13.3. The summed E-state index contributed by atoms with van der Waals surface area (Å²) < 4.78 is 28.2. The number of aromatic nitrogens is 4. The summed E-state index contributed by atoms with van der Waals surface area (Å²) in [6, 6.07) is 13.9. The summed E-state index contributed by atoms with van der Waals surface area (Å²) in [7, 11) is 0. The van der Waals surface area contributed by atoms with Crippen molar-refractivity contribution in [2.75, 3.05) is 11.1 Å². The fourth-order valence-corrected chi connectivity index (χ4v) is 3.65. The standard InChI is InChI=1S/C21H14ClF2N5OS/c22-14-3-6-16(7-4-14)29-20(13-2-1-9-25-11-13)27-28-21(29)31-12-19(30)26-15-5-8-17(23)18(24)10-15/h1-11H,12H2,(H,26,30). The Bertz CT molecular complexity index is 1220. The number of pyridine rings is 1. The molecule has 0 bridgehead atoms. The summed E-state index contributed by atoms with van der Waals surface area (Å²) in [5, 5.41) is 12.1. The van der Waals surface area contributed by atoms with Gasteiger partial charge in [-0.25, -0.2) is 8.78 Å². The normalized spacial score (nSPS) is 10.8. The zero-order valence-corrected chi connectivity index (χ0v) is 17.4. The first-order valence-electron chi connectivity index (χ1n) is 9.01. The van der Waals surface area contributed by atoms with E-state index in [-0.39, 0.29) is 11.4 Å². The Balaban J connectivity index is 1.57. The lowest BCUT2D eigenvalue weighted by molar-refractivity contribution is -0.113. The molecular weight excluding hydrogens is 444 g/mol. The molecule has 0 saturated heterocycles. The lowest BCUT2D eigenvalue weighted by atomic mass is 10.2. The van der Waals surface area contributed by atoms with Crippen LogP contribution in [0.15, 0.2) is 72.1 Å². The molecule has 4 rings (SSSR count). The van der Waals surface area contributed by atoms with Gasteiger partial charge in [-0.15, -0.1) is 10.2 Å². The zero-order chi connectivity index (χ0) is 21.8. The first-order chi connectivity index (χ1) is 15.0. The van der Waals surface area contributed by atoms with Crippen molar-refractivity contribution >= 4 is 35.0 Å². The van der Waals surface area contributed by atoms with Crippen LogP contribution in [0.1, 0.15) is 0 Å². The van der Waals surface area contributed by atoms with E-state index >= 15 is 0 Å². The fourth-order valence-electron chi connectivity index (χ4n) is 2.77. The highest BCUT2D eigenvalue weighted by Crippen LogP contribution is 2.28. The number of amides is 1. The number of hydrogen-bond acceptors (Lipinski definition) is 5. The molecule has 2 heterocycles. The van der Waals surface area contributed by atoms with Crippen molar-refractivity contribution in [3.8, 4) is 17.1 Å². The van der Waals surface area contributed by atoms with Crippen LogP contribution in [-0.4, -0.2) is 31.4 Å². The molecule has 10 heteroatoms. The number of benzene rings is 2. The summed E-state index contributed by atoms with van der Waals surface area (Å²) in [5.41, 5.74) is 1.68. The highest BCUT2D eigenvalue weighted by Gasteiger charge is 2.18. The average Bonchev–Trinajstić information content (AvgIpc) is 3.20. The van der Waals surface area contributed by atoms with Crippen LogP contribution in [0.4, 0.5) is 14.5 Å². The molecule has 156 valence electrons. The second kappa shape index (κ2) is 9.23. The first-order valence-corrected chi connectivity index (χ1v) is 10.4. The van der Waals surface area contributed by atoms with Crippen LogP contribution in [0.3, 0.4) is 0 Å². The third kappa shape index (κ3) is 4.89. The second-order valence-electron chi connectivity index (χ2n) is 6.33. The predicted molar refractivity (Wildman–Crippen MR) is 115 cm³/mol. The molecule has 1 N–H and O–H groups in total. The molecule has 4 aromatic rings. The number of halogens is 3. The summed E-state index contributed by atoms with van der Waals surface area (Å²) >= 11 is 7.16. The van der Waals surface area contributed by atoms with Crippen LogP contribution in [-0.2, 0) is 4.79 Å². The van der Waals surface area contributed by atoms with Gasteiger partial charge in [0.25, 0.3) is 0 Å². The Labute approximate surface area is 185 Å². The topological polar surface area (TPSA) is 72.7 Å². The Morgan fingerprint density at radius 2 is 1.87 bits per heavy atom. The third-order valence-electron chi connectivity index (χ3n) is 4.17. The minimum Gasteiger partial charge on any atom is -0.325 e. The molecule has 0 spiro atoms. The third-order valence-corrected chi connectivity index (χ3v) is 5.35. The second-order valence-corrected chi connectivity index (χ2v) is 7.70. The van der Waals surface area contributed by atoms with E-state index in [4.69, 9.17) is 11.6 Å². The highest BCUT2D eigenvalue weighted by atomic mass is 35.5. The van der Waals surface area contributed by atoms with E-state index in [0.717, 1.165) is 35.1 Å². The number of nitrogens with one attached hydrogen (secondary N) is 1. The SMILES string of the molecule is O=C(CSc1nnc(-c2cccnc2)n1-c1ccc(Cl)cc1)Nc1ccc(F)c(F)c1. The largest absolute Gasteiger partial charge is 0.325 e. The molecular formula is C21H14ClF2N5OS. The van der Waals surface area contributed by atoms with Crippen molar-refractivity contribution in [2.24, 2.45) is 0 Å². The van der Waals surface area contributed by atoms with Gasteiger partial charge in [0.15, 0.2) is 22.6 Å². The molecule has 6 nitrogen and oxygen atoms in total.